The normalized spacial score (nSPS) is 17.2. The molecule has 0 radical (unpaired) electrons. The standard InChI is InChI=1S/C21H19ClN4O3S/c1-4-9-30-21-24-20(27)17-13-7-5-6-8-15(13)23-19(26(17)25-21)14-10-12(22)11-16(28-2)18(14)29-3/h4-8,10-11,19H,1,9H2,2-3H3,(H,24,25,27)/t19-/m1/s1. The molecule has 1 amide bonds. The van der Waals surface area contributed by atoms with Gasteiger partial charge in [0.05, 0.1) is 19.6 Å². The number of nitrogens with one attached hydrogen (secondary N) is 1. The minimum absolute atomic E-state index is 0.253. The molecular weight excluding hydrogens is 424 g/mol. The number of para-hydroxylation sites is 1. The molecule has 0 spiro atoms. The van der Waals surface area contributed by atoms with Gasteiger partial charge in [0.2, 0.25) is 0 Å². The lowest BCUT2D eigenvalue weighted by Crippen LogP contribution is -2.50. The highest BCUT2D eigenvalue weighted by atomic mass is 35.5. The fourth-order valence-corrected chi connectivity index (χ4v) is 4.19. The predicted octanol–water partition coefficient (Wildman–Crippen LogP) is 2.42. The number of carbonyl (C=O) groups is 1. The molecule has 9 heteroatoms. The highest BCUT2D eigenvalue weighted by molar-refractivity contribution is 8.14. The Hall–Kier alpha value is -2.97. The topological polar surface area (TPSA) is 75.5 Å². The van der Waals surface area contributed by atoms with E-state index in [2.05, 4.69) is 17.0 Å². The number of amides is 1. The summed E-state index contributed by atoms with van der Waals surface area (Å²) < 4.78 is 11.1. The summed E-state index contributed by atoms with van der Waals surface area (Å²) in [4.78, 5) is 17.9. The van der Waals surface area contributed by atoms with Crippen molar-refractivity contribution in [2.24, 2.45) is 10.1 Å². The van der Waals surface area contributed by atoms with Gasteiger partial charge >= 0.3 is 0 Å². The number of carbonyl (C=O) groups excluding carboxylic acids is 1. The van der Waals surface area contributed by atoms with E-state index < -0.39 is 6.17 Å². The van der Waals surface area contributed by atoms with E-state index >= 15 is 0 Å². The summed E-state index contributed by atoms with van der Waals surface area (Å²) in [6, 6.07) is 10.9. The maximum atomic E-state index is 13.1. The molecule has 0 unspecified atom stereocenters. The predicted molar refractivity (Wildman–Crippen MR) is 118 cm³/mol. The molecule has 7 nitrogen and oxygen atoms in total. The monoisotopic (exact) mass is 442 g/mol. The van der Waals surface area contributed by atoms with Crippen molar-refractivity contribution in [2.45, 2.75) is 6.17 Å². The Morgan fingerprint density at radius 3 is 2.83 bits per heavy atom. The smallest absolute Gasteiger partial charge is 0.276 e. The quantitative estimate of drug-likeness (QED) is 0.720. The number of nitrogens with zero attached hydrogens (tertiary/aromatic N) is 3. The summed E-state index contributed by atoms with van der Waals surface area (Å²) in [7, 11) is 3.09. The molecule has 0 aliphatic carbocycles. The molecule has 0 saturated heterocycles. The van der Waals surface area contributed by atoms with E-state index in [-0.39, 0.29) is 5.91 Å². The summed E-state index contributed by atoms with van der Waals surface area (Å²) >= 11 is 7.72. The number of ether oxygens (including phenoxy) is 2. The van der Waals surface area contributed by atoms with Crippen LogP contribution in [0, 0.1) is 0 Å². The van der Waals surface area contributed by atoms with Crippen LogP contribution >= 0.6 is 23.4 Å². The van der Waals surface area contributed by atoms with Crippen molar-refractivity contribution in [2.75, 3.05) is 20.0 Å². The summed E-state index contributed by atoms with van der Waals surface area (Å²) in [5.41, 5.74) is 1.05. The van der Waals surface area contributed by atoms with E-state index in [9.17, 15) is 4.79 Å². The zero-order chi connectivity index (χ0) is 21.3. The molecule has 2 aromatic rings. The van der Waals surface area contributed by atoms with Crippen molar-refractivity contribution in [1.82, 2.24) is 10.3 Å². The average Bonchev–Trinajstić information content (AvgIpc) is 2.76. The van der Waals surface area contributed by atoms with Crippen LogP contribution in [0.25, 0.3) is 5.70 Å². The summed E-state index contributed by atoms with van der Waals surface area (Å²) in [5.74, 6) is 1.31. The Bertz CT molecular complexity index is 1180. The molecule has 0 saturated carbocycles. The van der Waals surface area contributed by atoms with Gasteiger partial charge in [0.25, 0.3) is 5.91 Å². The molecule has 2 aliphatic heterocycles. The van der Waals surface area contributed by atoms with Gasteiger partial charge in [-0.25, -0.2) is 5.01 Å². The van der Waals surface area contributed by atoms with Gasteiger partial charge in [-0.1, -0.05) is 47.6 Å². The fraction of sp³-hybridized carbons (Fsp3) is 0.190. The van der Waals surface area contributed by atoms with Crippen LogP contribution in [0.4, 0.5) is 0 Å². The Morgan fingerprint density at radius 1 is 1.30 bits per heavy atom. The number of fused-ring (bicyclic) bond motifs is 2. The van der Waals surface area contributed by atoms with Crippen molar-refractivity contribution in [1.29, 1.82) is 0 Å². The van der Waals surface area contributed by atoms with Gasteiger partial charge < -0.3 is 9.47 Å². The number of amidine groups is 1. The maximum absolute atomic E-state index is 13.1. The van der Waals surface area contributed by atoms with Crippen molar-refractivity contribution in [3.63, 3.8) is 0 Å². The van der Waals surface area contributed by atoms with E-state index in [0.717, 1.165) is 0 Å². The summed E-state index contributed by atoms with van der Waals surface area (Å²) in [6.45, 7) is 3.72. The minimum atomic E-state index is -0.664. The number of hydrazone groups is 1. The van der Waals surface area contributed by atoms with Crippen LogP contribution in [-0.2, 0) is 4.79 Å². The Kier molecular flexibility index (Phi) is 5.69. The second kappa shape index (κ2) is 8.41. The lowest BCUT2D eigenvalue weighted by atomic mass is 10.1. The van der Waals surface area contributed by atoms with E-state index in [1.807, 2.05) is 24.3 Å². The molecule has 0 bridgehead atoms. The number of methoxy groups -OCH3 is 2. The van der Waals surface area contributed by atoms with Gasteiger partial charge in [-0.15, -0.1) is 11.7 Å². The lowest BCUT2D eigenvalue weighted by Gasteiger charge is -2.34. The number of hydrogen-bond acceptors (Lipinski definition) is 7. The highest BCUT2D eigenvalue weighted by Gasteiger charge is 2.36. The maximum Gasteiger partial charge on any atom is 0.276 e. The van der Waals surface area contributed by atoms with Crippen LogP contribution in [0.3, 0.4) is 0 Å². The third kappa shape index (κ3) is 3.53. The first-order valence-electron chi connectivity index (χ1n) is 9.09. The van der Waals surface area contributed by atoms with Crippen LogP contribution in [0.15, 0.2) is 59.1 Å². The van der Waals surface area contributed by atoms with Crippen LogP contribution in [0.5, 0.6) is 11.5 Å². The second-order valence-electron chi connectivity index (χ2n) is 6.40. The lowest BCUT2D eigenvalue weighted by molar-refractivity contribution is -0.116. The molecule has 4 rings (SSSR count). The van der Waals surface area contributed by atoms with E-state index in [4.69, 9.17) is 26.1 Å². The molecule has 0 aromatic heterocycles. The first kappa shape index (κ1) is 20.3. The van der Waals surface area contributed by atoms with E-state index in [0.29, 0.717) is 49.3 Å². The van der Waals surface area contributed by atoms with E-state index in [1.165, 1.54) is 11.8 Å². The van der Waals surface area contributed by atoms with Gasteiger partial charge in [-0.05, 0) is 12.1 Å². The molecule has 0 fully saturated rings. The minimum Gasteiger partial charge on any atom is -0.493 e. The molecule has 1 N–H and O–H groups in total. The van der Waals surface area contributed by atoms with Crippen LogP contribution in [-0.4, -0.2) is 36.1 Å². The number of hydrogen-bond donors (Lipinski definition) is 1. The largest absolute Gasteiger partial charge is 0.493 e. The first-order chi connectivity index (χ1) is 14.6. The summed E-state index contributed by atoms with van der Waals surface area (Å²) in [5, 5.41) is 11.5. The number of benzene rings is 2. The van der Waals surface area contributed by atoms with Crippen molar-refractivity contribution in [3.8, 4) is 11.5 Å². The first-order valence-corrected chi connectivity index (χ1v) is 10.4. The molecule has 154 valence electrons. The number of thioether (sulfide) groups is 1. The fourth-order valence-electron chi connectivity index (χ4n) is 3.38. The Balaban J connectivity index is 1.97. The van der Waals surface area contributed by atoms with Crippen LogP contribution < -0.4 is 25.4 Å². The zero-order valence-electron chi connectivity index (χ0n) is 16.4. The van der Waals surface area contributed by atoms with Gasteiger partial charge in [0, 0.05) is 27.6 Å². The average molecular weight is 443 g/mol. The van der Waals surface area contributed by atoms with Gasteiger partial charge in [-0.3, -0.25) is 15.1 Å². The molecule has 30 heavy (non-hydrogen) atoms. The second-order valence-corrected chi connectivity index (χ2v) is 7.85. The van der Waals surface area contributed by atoms with Gasteiger partial charge in [0.15, 0.2) is 22.8 Å². The van der Waals surface area contributed by atoms with Crippen LogP contribution in [0.1, 0.15) is 11.7 Å². The molecule has 2 heterocycles. The van der Waals surface area contributed by atoms with Crippen LogP contribution in [0.2, 0.25) is 5.02 Å². The third-order valence-corrected chi connectivity index (χ3v) is 5.68. The third-order valence-electron chi connectivity index (χ3n) is 4.60. The number of rotatable bonds is 5. The van der Waals surface area contributed by atoms with Crippen molar-refractivity contribution in [3.05, 3.63) is 70.2 Å². The molecule has 1 atom stereocenters. The van der Waals surface area contributed by atoms with Gasteiger partial charge in [0.1, 0.15) is 5.70 Å². The summed E-state index contributed by atoms with van der Waals surface area (Å²) in [6.07, 6.45) is 1.08. The number of halogens is 1. The van der Waals surface area contributed by atoms with Crippen molar-refractivity contribution >= 4 is 40.1 Å². The Morgan fingerprint density at radius 2 is 2.10 bits per heavy atom. The zero-order valence-corrected chi connectivity index (χ0v) is 18.0. The van der Waals surface area contributed by atoms with Gasteiger partial charge in [-0.2, -0.15) is 0 Å². The SMILES string of the molecule is C=CCSC1=NN2C(=c3ccccc3=N[C@H]2c2cc(Cl)cc(OC)c2OC)C(=O)N1. The molecular formula is C21H19ClN4O3S. The van der Waals surface area contributed by atoms with Crippen molar-refractivity contribution < 1.29 is 14.3 Å². The molecule has 2 aromatic carbocycles. The van der Waals surface area contributed by atoms with E-state index in [1.54, 1.807) is 37.4 Å². The highest BCUT2D eigenvalue weighted by Crippen LogP contribution is 2.42. The molecule has 2 aliphatic rings. The Labute approximate surface area is 182 Å².